The lowest BCUT2D eigenvalue weighted by Crippen LogP contribution is -2.54. The third-order valence-electron chi connectivity index (χ3n) is 7.04. The van der Waals surface area contributed by atoms with Gasteiger partial charge in [0.15, 0.2) is 5.82 Å². The number of aryl methyl sites for hydroxylation is 1. The Morgan fingerprint density at radius 1 is 1.27 bits per heavy atom. The summed E-state index contributed by atoms with van der Waals surface area (Å²) in [5.41, 5.74) is 8.25. The lowest BCUT2D eigenvalue weighted by atomic mass is 9.61. The van der Waals surface area contributed by atoms with Crippen LogP contribution in [-0.2, 0) is 11.8 Å². The Morgan fingerprint density at radius 2 is 2.00 bits per heavy atom. The summed E-state index contributed by atoms with van der Waals surface area (Å²) in [4.78, 5) is 25.4. The average Bonchev–Trinajstić information content (AvgIpc) is 3.21. The minimum atomic E-state index is -0.613. The highest BCUT2D eigenvalue weighted by Gasteiger charge is 2.47. The second kappa shape index (κ2) is 8.07. The zero-order valence-corrected chi connectivity index (χ0v) is 18.0. The monoisotopic (exact) mass is 452 g/mol. The Morgan fingerprint density at radius 3 is 2.73 bits per heavy atom. The number of hydroxylamine groups is 1. The number of rotatable bonds is 5. The van der Waals surface area contributed by atoms with Crippen LogP contribution < -0.4 is 16.5 Å². The number of hydrogen-bond donors (Lipinski definition) is 5. The summed E-state index contributed by atoms with van der Waals surface area (Å²) in [6.45, 7) is 0. The van der Waals surface area contributed by atoms with E-state index in [0.717, 1.165) is 43.3 Å². The van der Waals surface area contributed by atoms with Gasteiger partial charge in [0.1, 0.15) is 28.8 Å². The van der Waals surface area contributed by atoms with Gasteiger partial charge < -0.3 is 15.6 Å². The maximum atomic E-state index is 13.8. The van der Waals surface area contributed by atoms with Crippen molar-refractivity contribution in [2.75, 3.05) is 11.1 Å². The van der Waals surface area contributed by atoms with Crippen molar-refractivity contribution in [3.05, 3.63) is 41.7 Å². The number of pyridine rings is 1. The highest BCUT2D eigenvalue weighted by atomic mass is 19.1. The molecule has 10 nitrogen and oxygen atoms in total. The number of fused-ring (bicyclic) bond motifs is 4. The second-order valence-electron chi connectivity index (χ2n) is 8.87. The molecule has 3 fully saturated rings. The van der Waals surface area contributed by atoms with Crippen LogP contribution in [0.4, 0.5) is 16.0 Å². The number of carbonyl (C=O) groups is 1. The van der Waals surface area contributed by atoms with Crippen LogP contribution in [0.25, 0.3) is 11.0 Å². The summed E-state index contributed by atoms with van der Waals surface area (Å²) in [6, 6.07) is 2.79. The zero-order valence-electron chi connectivity index (χ0n) is 18.0. The summed E-state index contributed by atoms with van der Waals surface area (Å²) >= 11 is 0. The molecule has 6 N–H and O–H groups in total. The Kier molecular flexibility index (Phi) is 5.20. The van der Waals surface area contributed by atoms with Gasteiger partial charge in [-0.1, -0.05) is 0 Å². The first-order valence-electron chi connectivity index (χ1n) is 10.9. The molecule has 11 heteroatoms. The molecule has 3 aromatic heterocycles. The van der Waals surface area contributed by atoms with Crippen molar-refractivity contribution in [2.45, 2.75) is 31.7 Å². The van der Waals surface area contributed by atoms with E-state index >= 15 is 0 Å². The van der Waals surface area contributed by atoms with E-state index in [1.807, 2.05) is 24.8 Å². The molecule has 0 aliphatic heterocycles. The molecule has 0 spiro atoms. The molecule has 0 saturated heterocycles. The van der Waals surface area contributed by atoms with Gasteiger partial charge in [0.2, 0.25) is 5.91 Å². The van der Waals surface area contributed by atoms with Crippen molar-refractivity contribution in [1.29, 1.82) is 5.41 Å². The Labute approximate surface area is 188 Å². The van der Waals surface area contributed by atoms with E-state index in [1.165, 1.54) is 0 Å². The standard InChI is InChI=1S/C22H25FN8O2/c1-31-7-6-13-19(27-17-11-4-2-10(3-5-11)15(17)22(32)30-33)28-20(29-21(13)31)16(24)14-8-12(23)9-26-18(14)25/h6-11,15,17,24,33H,2-5H2,1H3,(H2,25,26)(H,30,32)(H,27,28,29)/t10?,11?,15-,17-/m0/s1. The molecule has 6 rings (SSSR count). The van der Waals surface area contributed by atoms with Crippen LogP contribution in [0.2, 0.25) is 0 Å². The highest BCUT2D eigenvalue weighted by molar-refractivity contribution is 6.12. The number of aromatic nitrogens is 4. The van der Waals surface area contributed by atoms with Crippen LogP contribution in [-0.4, -0.2) is 42.4 Å². The minimum Gasteiger partial charge on any atom is -0.383 e. The number of anilines is 2. The van der Waals surface area contributed by atoms with Crippen LogP contribution in [0.15, 0.2) is 24.5 Å². The molecular formula is C22H25FN8O2. The Hall–Kier alpha value is -3.60. The van der Waals surface area contributed by atoms with E-state index in [0.29, 0.717) is 11.5 Å². The highest BCUT2D eigenvalue weighted by Crippen LogP contribution is 2.46. The molecule has 0 radical (unpaired) electrons. The molecule has 3 heterocycles. The number of halogens is 1. The van der Waals surface area contributed by atoms with Gasteiger partial charge in [0, 0.05) is 24.8 Å². The van der Waals surface area contributed by atoms with Crippen molar-refractivity contribution < 1.29 is 14.4 Å². The molecule has 0 aromatic carbocycles. The summed E-state index contributed by atoms with van der Waals surface area (Å²) in [5, 5.41) is 22.1. The topological polar surface area (TPSA) is 155 Å². The van der Waals surface area contributed by atoms with Crippen molar-refractivity contribution >= 4 is 34.3 Å². The molecule has 0 unspecified atom stereocenters. The zero-order chi connectivity index (χ0) is 23.3. The van der Waals surface area contributed by atoms with Gasteiger partial charge in [-0.3, -0.25) is 15.4 Å². The summed E-state index contributed by atoms with van der Waals surface area (Å²) in [5.74, 6) is -0.393. The number of hydrogen-bond acceptors (Lipinski definition) is 8. The molecule has 33 heavy (non-hydrogen) atoms. The first kappa shape index (κ1) is 21.3. The van der Waals surface area contributed by atoms with E-state index in [-0.39, 0.29) is 46.7 Å². The van der Waals surface area contributed by atoms with Crippen LogP contribution in [0, 0.1) is 29.0 Å². The maximum absolute atomic E-state index is 13.8. The van der Waals surface area contributed by atoms with Crippen LogP contribution in [0.1, 0.15) is 37.1 Å². The third-order valence-corrected chi connectivity index (χ3v) is 7.04. The van der Waals surface area contributed by atoms with E-state index in [4.69, 9.17) is 11.1 Å². The number of nitrogen functional groups attached to an aromatic ring is 1. The fourth-order valence-corrected chi connectivity index (χ4v) is 5.40. The van der Waals surface area contributed by atoms with Crippen LogP contribution >= 0.6 is 0 Å². The summed E-state index contributed by atoms with van der Waals surface area (Å²) < 4.78 is 15.6. The normalized spacial score (nSPS) is 24.1. The quantitative estimate of drug-likeness (QED) is 0.226. The maximum Gasteiger partial charge on any atom is 0.248 e. The van der Waals surface area contributed by atoms with Crippen molar-refractivity contribution in [3.63, 3.8) is 0 Å². The molecule has 2 atom stereocenters. The van der Waals surface area contributed by atoms with Crippen molar-refractivity contribution in [1.82, 2.24) is 25.0 Å². The largest absolute Gasteiger partial charge is 0.383 e. The van der Waals surface area contributed by atoms with Gasteiger partial charge in [0.25, 0.3) is 0 Å². The minimum absolute atomic E-state index is 0.00996. The first-order valence-corrected chi connectivity index (χ1v) is 10.9. The molecule has 172 valence electrons. The summed E-state index contributed by atoms with van der Waals surface area (Å²) in [7, 11) is 1.83. The van der Waals surface area contributed by atoms with Gasteiger partial charge in [-0.25, -0.2) is 24.8 Å². The Bertz CT molecular complexity index is 1250. The predicted octanol–water partition coefficient (Wildman–Crippen LogP) is 2.22. The van der Waals surface area contributed by atoms with Gasteiger partial charge in [-0.15, -0.1) is 0 Å². The number of carbonyl (C=O) groups excluding carboxylic acids is 1. The molecule has 3 aliphatic rings. The SMILES string of the molecule is Cn1ccc2c(N[C@H]3C4CCC(CC4)[C@@H]3C(=O)NO)nc(C(=N)c3cc(F)cnc3N)nc21. The molecule has 3 saturated carbocycles. The molecule has 2 bridgehead atoms. The van der Waals surface area contributed by atoms with E-state index in [9.17, 15) is 14.4 Å². The average molecular weight is 452 g/mol. The number of amides is 1. The summed E-state index contributed by atoms with van der Waals surface area (Å²) in [6.07, 6.45) is 6.72. The van der Waals surface area contributed by atoms with Crippen molar-refractivity contribution in [2.24, 2.45) is 24.8 Å². The molecular weight excluding hydrogens is 427 g/mol. The van der Waals surface area contributed by atoms with E-state index in [2.05, 4.69) is 20.3 Å². The fourth-order valence-electron chi connectivity index (χ4n) is 5.40. The lowest BCUT2D eigenvalue weighted by molar-refractivity contribution is -0.139. The number of nitrogens with two attached hydrogens (primary N) is 1. The number of nitrogens with one attached hydrogen (secondary N) is 3. The molecule has 3 aromatic rings. The van der Waals surface area contributed by atoms with E-state index < -0.39 is 11.7 Å². The van der Waals surface area contributed by atoms with Gasteiger partial charge in [-0.05, 0) is 49.7 Å². The predicted molar refractivity (Wildman–Crippen MR) is 119 cm³/mol. The lowest BCUT2D eigenvalue weighted by Gasteiger charge is -2.47. The molecule has 3 aliphatic carbocycles. The van der Waals surface area contributed by atoms with Gasteiger partial charge >= 0.3 is 0 Å². The van der Waals surface area contributed by atoms with Gasteiger partial charge in [-0.2, -0.15) is 0 Å². The van der Waals surface area contributed by atoms with Crippen molar-refractivity contribution in [3.8, 4) is 0 Å². The van der Waals surface area contributed by atoms with Crippen LogP contribution in [0.5, 0.6) is 0 Å². The van der Waals surface area contributed by atoms with Gasteiger partial charge in [0.05, 0.1) is 17.5 Å². The Balaban J connectivity index is 1.58. The smallest absolute Gasteiger partial charge is 0.248 e. The number of nitrogens with zero attached hydrogens (tertiary/aromatic N) is 4. The van der Waals surface area contributed by atoms with E-state index in [1.54, 1.807) is 4.57 Å². The second-order valence-corrected chi connectivity index (χ2v) is 8.87. The first-order chi connectivity index (χ1) is 15.9. The fraction of sp³-hybridized carbons (Fsp3) is 0.409. The third kappa shape index (κ3) is 3.58. The molecule has 1 amide bonds. The van der Waals surface area contributed by atoms with Crippen LogP contribution in [0.3, 0.4) is 0 Å².